The molecule has 106 valence electrons. The largest absolute Gasteiger partial charge is 0.313 e. The summed E-state index contributed by atoms with van der Waals surface area (Å²) in [5.41, 5.74) is 4.37. The van der Waals surface area contributed by atoms with Crippen LogP contribution in [0.5, 0.6) is 0 Å². The zero-order valence-electron chi connectivity index (χ0n) is 11.8. The van der Waals surface area contributed by atoms with E-state index in [1.807, 2.05) is 19.2 Å². The van der Waals surface area contributed by atoms with E-state index in [1.54, 1.807) is 12.4 Å². The zero-order chi connectivity index (χ0) is 14.7. The second kappa shape index (κ2) is 6.33. The highest BCUT2D eigenvalue weighted by molar-refractivity contribution is 9.10. The molecule has 0 saturated carbocycles. The molecule has 21 heavy (non-hydrogen) atoms. The summed E-state index contributed by atoms with van der Waals surface area (Å²) in [5, 5.41) is 3.39. The van der Waals surface area contributed by atoms with Crippen molar-refractivity contribution in [2.45, 2.75) is 12.5 Å². The first-order chi connectivity index (χ1) is 10.3. The number of hydrogen-bond donors (Lipinski definition) is 1. The van der Waals surface area contributed by atoms with Gasteiger partial charge in [0, 0.05) is 22.9 Å². The van der Waals surface area contributed by atoms with Gasteiger partial charge in [-0.25, -0.2) is 0 Å². The molecule has 0 fully saturated rings. The van der Waals surface area contributed by atoms with Crippen molar-refractivity contribution in [2.24, 2.45) is 0 Å². The smallest absolute Gasteiger partial charge is 0.0890 e. The molecule has 0 aliphatic rings. The Morgan fingerprint density at radius 3 is 2.57 bits per heavy atom. The maximum Gasteiger partial charge on any atom is 0.0890 e. The molecule has 4 heteroatoms. The predicted molar refractivity (Wildman–Crippen MR) is 89.2 cm³/mol. The molecule has 3 aromatic rings. The Morgan fingerprint density at radius 1 is 1.05 bits per heavy atom. The Balaban J connectivity index is 1.93. The highest BCUT2D eigenvalue weighted by Gasteiger charge is 2.12. The molecule has 0 amide bonds. The fraction of sp³-hybridized carbons (Fsp3) is 0.176. The summed E-state index contributed by atoms with van der Waals surface area (Å²) in [6.07, 6.45) is 4.37. The molecule has 1 heterocycles. The second-order valence-corrected chi connectivity index (χ2v) is 5.80. The van der Waals surface area contributed by atoms with E-state index in [-0.39, 0.29) is 6.04 Å². The number of rotatable bonds is 4. The van der Waals surface area contributed by atoms with Crippen molar-refractivity contribution in [3.63, 3.8) is 0 Å². The van der Waals surface area contributed by atoms with Gasteiger partial charge in [0.25, 0.3) is 0 Å². The maximum absolute atomic E-state index is 4.38. The third-order valence-electron chi connectivity index (χ3n) is 3.63. The molecule has 1 atom stereocenters. The number of hydrogen-bond acceptors (Lipinski definition) is 3. The summed E-state index contributed by atoms with van der Waals surface area (Å²) < 4.78 is 1.14. The molecule has 0 saturated heterocycles. The van der Waals surface area contributed by atoms with Gasteiger partial charge in [0.2, 0.25) is 0 Å². The molecular weight excluding hydrogens is 326 g/mol. The number of aromatic nitrogens is 2. The Hall–Kier alpha value is -1.78. The van der Waals surface area contributed by atoms with Crippen molar-refractivity contribution in [2.75, 3.05) is 7.05 Å². The van der Waals surface area contributed by atoms with E-state index in [2.05, 4.69) is 61.5 Å². The van der Waals surface area contributed by atoms with Crippen LogP contribution in [0.15, 0.2) is 59.3 Å². The third-order valence-corrected chi connectivity index (χ3v) is 4.40. The predicted octanol–water partition coefficient (Wildman–Crippen LogP) is 3.90. The molecule has 1 aromatic heterocycles. The number of nitrogens with zero attached hydrogens (tertiary/aromatic N) is 2. The lowest BCUT2D eigenvalue weighted by Gasteiger charge is -2.18. The van der Waals surface area contributed by atoms with Gasteiger partial charge in [0.05, 0.1) is 11.0 Å². The van der Waals surface area contributed by atoms with Crippen molar-refractivity contribution in [3.8, 4) is 0 Å². The molecule has 3 rings (SSSR count). The fourth-order valence-electron chi connectivity index (χ4n) is 2.47. The standard InChI is InChI=1S/C17H16BrN3/c1-19-16(10-12-4-2-3-5-14(12)18)13-6-7-15-17(11-13)21-9-8-20-15/h2-9,11,16,19H,10H2,1H3. The van der Waals surface area contributed by atoms with Crippen molar-refractivity contribution in [3.05, 3.63) is 70.5 Å². The Bertz CT molecular complexity index is 758. The average Bonchev–Trinajstić information content (AvgIpc) is 2.54. The van der Waals surface area contributed by atoms with E-state index < -0.39 is 0 Å². The number of benzene rings is 2. The summed E-state index contributed by atoms with van der Waals surface area (Å²) in [7, 11) is 1.99. The van der Waals surface area contributed by atoms with Crippen LogP contribution in [0.2, 0.25) is 0 Å². The van der Waals surface area contributed by atoms with Crippen LogP contribution in [-0.2, 0) is 6.42 Å². The monoisotopic (exact) mass is 341 g/mol. The first kappa shape index (κ1) is 14.2. The molecule has 3 nitrogen and oxygen atoms in total. The highest BCUT2D eigenvalue weighted by Crippen LogP contribution is 2.25. The van der Waals surface area contributed by atoms with E-state index in [4.69, 9.17) is 0 Å². The lowest BCUT2D eigenvalue weighted by molar-refractivity contribution is 0.591. The van der Waals surface area contributed by atoms with E-state index in [0.29, 0.717) is 0 Å². The van der Waals surface area contributed by atoms with Crippen LogP contribution in [-0.4, -0.2) is 17.0 Å². The van der Waals surface area contributed by atoms with E-state index in [9.17, 15) is 0 Å². The topological polar surface area (TPSA) is 37.8 Å². The van der Waals surface area contributed by atoms with Gasteiger partial charge in [-0.3, -0.25) is 9.97 Å². The minimum atomic E-state index is 0.245. The van der Waals surface area contributed by atoms with E-state index in [0.717, 1.165) is 21.9 Å². The molecule has 0 bridgehead atoms. The van der Waals surface area contributed by atoms with E-state index in [1.165, 1.54) is 11.1 Å². The number of likely N-dealkylation sites (N-methyl/N-ethyl adjacent to an activating group) is 1. The molecule has 0 aliphatic heterocycles. The molecule has 0 radical (unpaired) electrons. The number of nitrogens with one attached hydrogen (secondary N) is 1. The summed E-state index contributed by atoms with van der Waals surface area (Å²) in [6, 6.07) is 14.8. The second-order valence-electron chi connectivity index (χ2n) is 4.94. The van der Waals surface area contributed by atoms with Crippen LogP contribution in [0.3, 0.4) is 0 Å². The van der Waals surface area contributed by atoms with Gasteiger partial charge in [-0.05, 0) is 42.8 Å². The minimum absolute atomic E-state index is 0.245. The van der Waals surface area contributed by atoms with Gasteiger partial charge < -0.3 is 5.32 Å². The first-order valence-electron chi connectivity index (χ1n) is 6.89. The molecule has 0 aliphatic carbocycles. The Morgan fingerprint density at radius 2 is 1.81 bits per heavy atom. The molecule has 1 N–H and O–H groups in total. The van der Waals surface area contributed by atoms with Gasteiger partial charge >= 0.3 is 0 Å². The lowest BCUT2D eigenvalue weighted by atomic mass is 9.98. The molecular formula is C17H16BrN3. The summed E-state index contributed by atoms with van der Waals surface area (Å²) in [4.78, 5) is 8.70. The Kier molecular flexibility index (Phi) is 4.27. The summed E-state index contributed by atoms with van der Waals surface area (Å²) in [6.45, 7) is 0. The number of halogens is 1. The lowest BCUT2D eigenvalue weighted by Crippen LogP contribution is -2.19. The summed E-state index contributed by atoms with van der Waals surface area (Å²) in [5.74, 6) is 0. The average molecular weight is 342 g/mol. The Labute approximate surface area is 132 Å². The van der Waals surface area contributed by atoms with Crippen LogP contribution in [0.1, 0.15) is 17.2 Å². The zero-order valence-corrected chi connectivity index (χ0v) is 13.3. The van der Waals surface area contributed by atoms with Gasteiger partial charge in [-0.15, -0.1) is 0 Å². The van der Waals surface area contributed by atoms with Gasteiger partial charge in [0.15, 0.2) is 0 Å². The SMILES string of the molecule is CNC(Cc1ccccc1Br)c1ccc2nccnc2c1. The van der Waals surface area contributed by atoms with Gasteiger partial charge in [-0.2, -0.15) is 0 Å². The fourth-order valence-corrected chi connectivity index (χ4v) is 2.91. The van der Waals surface area contributed by atoms with Gasteiger partial charge in [0.1, 0.15) is 0 Å². The normalized spacial score (nSPS) is 12.5. The van der Waals surface area contributed by atoms with Crippen molar-refractivity contribution >= 4 is 27.0 Å². The quantitative estimate of drug-likeness (QED) is 0.782. The minimum Gasteiger partial charge on any atom is -0.313 e. The van der Waals surface area contributed by atoms with Crippen LogP contribution < -0.4 is 5.32 Å². The van der Waals surface area contributed by atoms with Gasteiger partial charge in [-0.1, -0.05) is 40.2 Å². The highest BCUT2D eigenvalue weighted by atomic mass is 79.9. The van der Waals surface area contributed by atoms with E-state index >= 15 is 0 Å². The van der Waals surface area contributed by atoms with Crippen LogP contribution in [0, 0.1) is 0 Å². The van der Waals surface area contributed by atoms with Crippen molar-refractivity contribution < 1.29 is 0 Å². The maximum atomic E-state index is 4.38. The van der Waals surface area contributed by atoms with Crippen molar-refractivity contribution in [1.29, 1.82) is 0 Å². The molecule has 1 unspecified atom stereocenters. The molecule has 0 spiro atoms. The third kappa shape index (κ3) is 3.12. The summed E-state index contributed by atoms with van der Waals surface area (Å²) >= 11 is 3.62. The van der Waals surface area contributed by atoms with Crippen LogP contribution in [0.4, 0.5) is 0 Å². The van der Waals surface area contributed by atoms with Crippen LogP contribution in [0.25, 0.3) is 11.0 Å². The molecule has 2 aromatic carbocycles. The van der Waals surface area contributed by atoms with Crippen molar-refractivity contribution in [1.82, 2.24) is 15.3 Å². The first-order valence-corrected chi connectivity index (χ1v) is 7.68. The van der Waals surface area contributed by atoms with Crippen LogP contribution >= 0.6 is 15.9 Å². The number of fused-ring (bicyclic) bond motifs is 1.